The Morgan fingerprint density at radius 2 is 2.10 bits per heavy atom. The first-order valence-electron chi connectivity index (χ1n) is 8.31. The fourth-order valence-electron chi connectivity index (χ4n) is 2.93. The van der Waals surface area contributed by atoms with Crippen molar-refractivity contribution in [3.05, 3.63) is 10.5 Å². The van der Waals surface area contributed by atoms with E-state index in [4.69, 9.17) is 0 Å². The molecule has 2 N–H and O–H groups in total. The zero-order valence-electron chi connectivity index (χ0n) is 13.2. The Morgan fingerprint density at radius 3 is 2.86 bits per heavy atom. The van der Waals surface area contributed by atoms with Gasteiger partial charge in [0.05, 0.1) is 0 Å². The molecule has 1 aromatic rings. The molecule has 2 unspecified atom stereocenters. The van der Waals surface area contributed by atoms with Crippen LogP contribution in [0.4, 0.5) is 0 Å². The third-order valence-electron chi connectivity index (χ3n) is 4.04. The number of thioether (sulfide) groups is 1. The lowest BCUT2D eigenvalue weighted by Crippen LogP contribution is -2.38. The summed E-state index contributed by atoms with van der Waals surface area (Å²) in [7, 11) is 0. The molecule has 1 saturated carbocycles. The van der Waals surface area contributed by atoms with Gasteiger partial charge in [-0.2, -0.15) is 0 Å². The summed E-state index contributed by atoms with van der Waals surface area (Å²) in [5.41, 5.74) is -0.0777. The lowest BCUT2D eigenvalue weighted by molar-refractivity contribution is 0.468. The van der Waals surface area contributed by atoms with E-state index in [2.05, 4.69) is 29.4 Å². The summed E-state index contributed by atoms with van der Waals surface area (Å²) in [6, 6.07) is 0.541. The zero-order chi connectivity index (χ0) is 15.1. The molecule has 120 valence electrons. The van der Waals surface area contributed by atoms with Crippen LogP contribution >= 0.6 is 11.8 Å². The first-order chi connectivity index (χ1) is 10.3. The Hall–Kier alpha value is -0.750. The highest BCUT2D eigenvalue weighted by molar-refractivity contribution is 7.99. The average molecular weight is 312 g/mol. The summed E-state index contributed by atoms with van der Waals surface area (Å²) in [4.78, 5) is 11.8. The molecule has 2 rings (SSSR count). The van der Waals surface area contributed by atoms with Crippen LogP contribution in [0.2, 0.25) is 0 Å². The minimum Gasteiger partial charge on any atom is -0.313 e. The van der Waals surface area contributed by atoms with Crippen LogP contribution in [0.1, 0.15) is 58.8 Å². The van der Waals surface area contributed by atoms with Gasteiger partial charge in [-0.15, -0.1) is 5.10 Å². The van der Waals surface area contributed by atoms with Crippen LogP contribution in [-0.4, -0.2) is 32.6 Å². The molecule has 0 radical (unpaired) electrons. The van der Waals surface area contributed by atoms with Crippen molar-refractivity contribution in [1.29, 1.82) is 0 Å². The first-order valence-corrected chi connectivity index (χ1v) is 9.19. The molecular weight excluding hydrogens is 284 g/mol. The molecule has 5 nitrogen and oxygen atoms in total. The van der Waals surface area contributed by atoms with Crippen molar-refractivity contribution in [3.8, 4) is 0 Å². The lowest BCUT2D eigenvalue weighted by atomic mass is 10.1. The number of hydrogen-bond acceptors (Lipinski definition) is 4. The Labute approximate surface area is 131 Å². The summed E-state index contributed by atoms with van der Waals surface area (Å²) in [5.74, 6) is 0. The molecule has 1 aliphatic rings. The third kappa shape index (κ3) is 4.61. The third-order valence-corrected chi connectivity index (χ3v) is 5.43. The summed E-state index contributed by atoms with van der Waals surface area (Å²) < 4.78 is 1.78. The molecule has 6 heteroatoms. The number of aromatic amines is 1. The van der Waals surface area contributed by atoms with Gasteiger partial charge in [-0.1, -0.05) is 44.9 Å². The summed E-state index contributed by atoms with van der Waals surface area (Å²) in [6.45, 7) is 6.12. The molecule has 1 aromatic heterocycles. The van der Waals surface area contributed by atoms with Crippen molar-refractivity contribution in [2.24, 2.45) is 0 Å². The van der Waals surface area contributed by atoms with Gasteiger partial charge in [-0.05, 0) is 32.2 Å². The van der Waals surface area contributed by atoms with Crippen molar-refractivity contribution in [3.63, 3.8) is 0 Å². The monoisotopic (exact) mass is 312 g/mol. The van der Waals surface area contributed by atoms with Gasteiger partial charge in [0.15, 0.2) is 5.16 Å². The molecule has 1 fully saturated rings. The molecule has 1 aliphatic carbocycles. The fourth-order valence-corrected chi connectivity index (χ4v) is 4.28. The Kier molecular flexibility index (Phi) is 6.83. The minimum absolute atomic E-state index is 0.0777. The predicted molar refractivity (Wildman–Crippen MR) is 88.0 cm³/mol. The van der Waals surface area contributed by atoms with E-state index in [1.807, 2.05) is 0 Å². The van der Waals surface area contributed by atoms with E-state index in [0.29, 0.717) is 11.3 Å². The molecule has 0 aliphatic heterocycles. The van der Waals surface area contributed by atoms with Gasteiger partial charge >= 0.3 is 5.69 Å². The summed E-state index contributed by atoms with van der Waals surface area (Å²) >= 11 is 1.78. The average Bonchev–Trinajstić information content (AvgIpc) is 2.70. The van der Waals surface area contributed by atoms with Crippen molar-refractivity contribution in [2.45, 2.75) is 81.8 Å². The van der Waals surface area contributed by atoms with Gasteiger partial charge < -0.3 is 5.32 Å². The quantitative estimate of drug-likeness (QED) is 0.760. The van der Waals surface area contributed by atoms with Gasteiger partial charge in [-0.3, -0.25) is 4.57 Å². The first kappa shape index (κ1) is 16.6. The Balaban J connectivity index is 2.08. The van der Waals surface area contributed by atoms with E-state index in [1.54, 1.807) is 16.3 Å². The van der Waals surface area contributed by atoms with Crippen LogP contribution in [0.3, 0.4) is 0 Å². The van der Waals surface area contributed by atoms with Gasteiger partial charge in [-0.25, -0.2) is 9.89 Å². The predicted octanol–water partition coefficient (Wildman–Crippen LogP) is 2.77. The largest absolute Gasteiger partial charge is 0.343 e. The number of aromatic nitrogens is 3. The van der Waals surface area contributed by atoms with E-state index >= 15 is 0 Å². The van der Waals surface area contributed by atoms with Gasteiger partial charge in [0.1, 0.15) is 0 Å². The molecule has 0 amide bonds. The highest BCUT2D eigenvalue weighted by Crippen LogP contribution is 2.31. The second kappa shape index (κ2) is 8.63. The molecule has 0 saturated heterocycles. The minimum atomic E-state index is -0.0777. The van der Waals surface area contributed by atoms with Crippen LogP contribution < -0.4 is 11.0 Å². The number of H-pyrrole nitrogens is 1. The van der Waals surface area contributed by atoms with Crippen LogP contribution in [-0.2, 0) is 6.54 Å². The molecule has 0 spiro atoms. The Bertz CT molecular complexity index is 470. The van der Waals surface area contributed by atoms with Crippen molar-refractivity contribution in [1.82, 2.24) is 20.1 Å². The molecular formula is C15H28N4OS. The number of nitrogens with one attached hydrogen (secondary N) is 2. The van der Waals surface area contributed by atoms with Crippen LogP contribution in [0.5, 0.6) is 0 Å². The van der Waals surface area contributed by atoms with Crippen molar-refractivity contribution >= 4 is 11.8 Å². The number of rotatable bonds is 7. The van der Waals surface area contributed by atoms with E-state index in [-0.39, 0.29) is 5.69 Å². The standard InChI is InChI=1S/C15H28N4OS/c1-3-10-16-12-8-6-5-7-9-13(12)21-15-18-17-14(20)19(15)11-4-2/h12-13,16H,3-11H2,1-2H3,(H,17,20). The summed E-state index contributed by atoms with van der Waals surface area (Å²) in [5, 5.41) is 11.9. The maximum Gasteiger partial charge on any atom is 0.343 e. The molecule has 2 atom stereocenters. The smallest absolute Gasteiger partial charge is 0.313 e. The van der Waals surface area contributed by atoms with Gasteiger partial charge in [0.2, 0.25) is 0 Å². The molecule has 0 bridgehead atoms. The maximum absolute atomic E-state index is 11.8. The topological polar surface area (TPSA) is 62.7 Å². The molecule has 21 heavy (non-hydrogen) atoms. The van der Waals surface area contributed by atoms with E-state index in [1.165, 1.54) is 32.1 Å². The van der Waals surface area contributed by atoms with Crippen molar-refractivity contribution < 1.29 is 0 Å². The van der Waals surface area contributed by atoms with E-state index in [0.717, 1.165) is 31.1 Å². The maximum atomic E-state index is 11.8. The normalized spacial score (nSPS) is 23.1. The van der Waals surface area contributed by atoms with E-state index < -0.39 is 0 Å². The molecule has 0 aromatic carbocycles. The highest BCUT2D eigenvalue weighted by atomic mass is 32.2. The van der Waals surface area contributed by atoms with Gasteiger partial charge in [0, 0.05) is 17.8 Å². The zero-order valence-corrected chi connectivity index (χ0v) is 14.0. The van der Waals surface area contributed by atoms with Crippen LogP contribution in [0, 0.1) is 0 Å². The summed E-state index contributed by atoms with van der Waals surface area (Å²) in [6.07, 6.45) is 8.47. The number of nitrogens with zero attached hydrogens (tertiary/aromatic N) is 2. The second-order valence-corrected chi connectivity index (χ2v) is 7.02. The lowest BCUT2D eigenvalue weighted by Gasteiger charge is -2.25. The number of hydrogen-bond donors (Lipinski definition) is 2. The van der Waals surface area contributed by atoms with Crippen LogP contribution in [0.25, 0.3) is 0 Å². The van der Waals surface area contributed by atoms with Crippen molar-refractivity contribution in [2.75, 3.05) is 6.54 Å². The van der Waals surface area contributed by atoms with Gasteiger partial charge in [0.25, 0.3) is 0 Å². The SMILES string of the molecule is CCCNC1CCCCCC1Sc1n[nH]c(=O)n1CCC. The fraction of sp³-hybridized carbons (Fsp3) is 0.867. The Morgan fingerprint density at radius 1 is 1.29 bits per heavy atom. The molecule has 1 heterocycles. The van der Waals surface area contributed by atoms with Crippen LogP contribution in [0.15, 0.2) is 9.95 Å². The van der Waals surface area contributed by atoms with E-state index in [9.17, 15) is 4.79 Å². The second-order valence-electron chi connectivity index (χ2n) is 5.82. The highest BCUT2D eigenvalue weighted by Gasteiger charge is 2.26.